The molecule has 0 aliphatic carbocycles. The van der Waals surface area contributed by atoms with E-state index in [1.807, 2.05) is 48.5 Å². The van der Waals surface area contributed by atoms with Crippen molar-refractivity contribution in [3.8, 4) is 74.5 Å². The van der Waals surface area contributed by atoms with Gasteiger partial charge in [0.05, 0.1) is 60.4 Å². The van der Waals surface area contributed by atoms with Crippen LogP contribution in [0.3, 0.4) is 0 Å². The van der Waals surface area contributed by atoms with Crippen LogP contribution in [0.15, 0.2) is 369 Å². The highest BCUT2D eigenvalue weighted by molar-refractivity contribution is 8.00. The Kier molecular flexibility index (Phi) is 24.2. The number of aromatic nitrogens is 8. The molecule has 0 fully saturated rings. The standard InChI is InChI=1S/C25H16ClNO5S.C25H17NO6S.C23H17N3O5S.C23H15N3O5S/c1-31-15-11-12-16-18(13-15)27(14-7-3-2-4-8-14)24(29)20-21(28)23(25(30)32-22(16)20)33-19-10-6-5-9-17(19)26;1-31-15-11-12-16-17(13-15)26(14-7-3-2-4-8-14)24(29)20-21(28)23(25(30)32-22(16)20)33-19-10-6-5-9-18(19)27;1-25-11-10-24-23(25)32-20-18(27)17-19(31-22(20)29)15-9-8-14(30-2)12-16(15)26(21(17)28)13-6-4-3-5-7-13;1-30-14-8-9-15-16(12-14)26(13-6-3-2-4-7-13)21(28)17-18(27)20(22(29)31-19(15)17)32-23-24-10-5-11-25-23/h2-13,28H,1H3;2-13,27-28H,1H3;3-12,27H,1-2H3;2-12,27H,1H3. The SMILES string of the molecule is COc1ccc2c3oc(=O)c(Sc4ccccc4Cl)c(O)c3c(=O)n(-c3ccccc3)c2c1.COc1ccc2c3oc(=O)c(Sc4ccccc4O)c(O)c3c(=O)n(-c3ccccc3)c2c1.COc1ccc2c3oc(=O)c(Sc4ncccn4)c(O)c3c(=O)n(-c3ccccc3)c2c1.COc1ccc2c3oc(=O)c(Sc4nccn4C)c(O)c3c(=O)n(-c3ccccc3)c2c1. The predicted octanol–water partition coefficient (Wildman–Crippen LogP) is 17.7. The third kappa shape index (κ3) is 16.2. The van der Waals surface area contributed by atoms with Gasteiger partial charge in [0, 0.05) is 105 Å². The van der Waals surface area contributed by atoms with Crippen LogP contribution in [0.5, 0.6) is 51.7 Å². The van der Waals surface area contributed by atoms with Crippen molar-refractivity contribution in [2.24, 2.45) is 7.05 Å². The van der Waals surface area contributed by atoms with Gasteiger partial charge in [-0.1, -0.05) is 132 Å². The second-order valence-electron chi connectivity index (χ2n) is 28.2. The van der Waals surface area contributed by atoms with Crippen molar-refractivity contribution in [2.75, 3.05) is 28.4 Å². The molecule has 0 atom stereocenters. The highest BCUT2D eigenvalue weighted by atomic mass is 35.5. The summed E-state index contributed by atoms with van der Waals surface area (Å²) in [6.45, 7) is 0. The highest BCUT2D eigenvalue weighted by Crippen LogP contribution is 2.45. The van der Waals surface area contributed by atoms with Crippen molar-refractivity contribution in [1.82, 2.24) is 37.8 Å². The van der Waals surface area contributed by atoms with Gasteiger partial charge in [0.15, 0.2) is 55.6 Å². The largest absolute Gasteiger partial charge is 0.507 e. The summed E-state index contributed by atoms with van der Waals surface area (Å²) in [5, 5.41) is 57.0. The lowest BCUT2D eigenvalue weighted by molar-refractivity contribution is 0.415. The number of para-hydroxylation sites is 5. The van der Waals surface area contributed by atoms with E-state index in [1.165, 1.54) is 65.2 Å². The first-order chi connectivity index (χ1) is 63.1. The number of benzene rings is 10. The molecule has 0 radical (unpaired) electrons. The number of hydrogen-bond acceptors (Lipinski definition) is 28. The third-order valence-corrected chi connectivity index (χ3v) is 25.4. The zero-order valence-electron chi connectivity index (χ0n) is 68.3. The van der Waals surface area contributed by atoms with Crippen LogP contribution in [-0.4, -0.2) is 91.8 Å². The van der Waals surface area contributed by atoms with Crippen LogP contribution in [0.25, 0.3) is 110 Å². The molecule has 0 bridgehead atoms. The van der Waals surface area contributed by atoms with Crippen LogP contribution >= 0.6 is 58.6 Å². The Bertz CT molecular complexity index is 8180. The molecule has 646 valence electrons. The average molecular weight is 1830 g/mol. The Hall–Kier alpha value is -15.9. The Labute approximate surface area is 752 Å². The maximum atomic E-state index is 13.7. The number of nitrogens with zero attached hydrogens (tertiary/aromatic N) is 8. The number of phenolic OH excluding ortho intramolecular Hbond substituents is 1. The molecule has 20 rings (SSSR count). The van der Waals surface area contributed by atoms with Crippen molar-refractivity contribution in [2.45, 2.75) is 39.7 Å². The molecule has 0 amide bonds. The smallest absolute Gasteiger partial charge is 0.354 e. The molecule has 34 heteroatoms. The van der Waals surface area contributed by atoms with E-state index in [0.717, 1.165) is 47.0 Å². The maximum Gasteiger partial charge on any atom is 0.354 e. The fourth-order valence-corrected chi connectivity index (χ4v) is 18.0. The molecule has 10 aromatic carbocycles. The minimum Gasteiger partial charge on any atom is -0.507 e. The van der Waals surface area contributed by atoms with Crippen molar-refractivity contribution in [1.29, 1.82) is 0 Å². The molecule has 0 aliphatic heterocycles. The minimum absolute atomic E-state index is 0.000615. The second-order valence-corrected chi connectivity index (χ2v) is 32.6. The van der Waals surface area contributed by atoms with Crippen LogP contribution in [0.4, 0.5) is 0 Å². The molecule has 29 nitrogen and oxygen atoms in total. The van der Waals surface area contributed by atoms with Gasteiger partial charge in [0.1, 0.15) is 69.9 Å². The fraction of sp³-hybridized carbons (Fsp3) is 0.0521. The van der Waals surface area contributed by atoms with E-state index in [2.05, 4.69) is 15.0 Å². The van der Waals surface area contributed by atoms with Gasteiger partial charge in [-0.15, -0.1) is 0 Å². The van der Waals surface area contributed by atoms with Crippen LogP contribution in [0, 0.1) is 0 Å². The summed E-state index contributed by atoms with van der Waals surface area (Å²) in [7, 11) is 7.85. The molecule has 10 aromatic heterocycles. The van der Waals surface area contributed by atoms with E-state index in [4.69, 9.17) is 48.2 Å². The summed E-state index contributed by atoms with van der Waals surface area (Å²) >= 11 is 9.77. The topological polar surface area (TPSA) is 391 Å². The first-order valence-corrected chi connectivity index (χ1v) is 42.6. The van der Waals surface area contributed by atoms with E-state index in [9.17, 15) is 63.9 Å². The number of ether oxygens (including phenoxy) is 4. The molecule has 0 aliphatic rings. The molecule has 5 N–H and O–H groups in total. The average Bonchev–Trinajstić information content (AvgIpc) is 0.804. The lowest BCUT2D eigenvalue weighted by Gasteiger charge is -2.15. The third-order valence-electron chi connectivity index (χ3n) is 20.6. The van der Waals surface area contributed by atoms with Gasteiger partial charge < -0.3 is 66.7 Å². The van der Waals surface area contributed by atoms with Crippen molar-refractivity contribution < 1.29 is 62.1 Å². The van der Waals surface area contributed by atoms with Crippen molar-refractivity contribution in [3.05, 3.63) is 362 Å². The molecule has 10 heterocycles. The van der Waals surface area contributed by atoms with Gasteiger partial charge in [-0.25, -0.2) is 34.1 Å². The summed E-state index contributed by atoms with van der Waals surface area (Å²) in [6, 6.07) is 71.2. The Balaban J connectivity index is 0.000000121. The highest BCUT2D eigenvalue weighted by Gasteiger charge is 2.30. The van der Waals surface area contributed by atoms with E-state index in [0.29, 0.717) is 109 Å². The number of hydrogen-bond donors (Lipinski definition) is 5. The number of phenols is 1. The lowest BCUT2D eigenvalue weighted by atomic mass is 10.1. The van der Waals surface area contributed by atoms with Crippen LogP contribution in [0.1, 0.15) is 0 Å². The van der Waals surface area contributed by atoms with Gasteiger partial charge in [-0.2, -0.15) is 0 Å². The van der Waals surface area contributed by atoms with E-state index in [1.54, 1.807) is 218 Å². The summed E-state index contributed by atoms with van der Waals surface area (Å²) in [4.78, 5) is 119. The van der Waals surface area contributed by atoms with Gasteiger partial charge in [0.2, 0.25) is 0 Å². The van der Waals surface area contributed by atoms with Crippen LogP contribution in [0.2, 0.25) is 5.02 Å². The molecule has 0 saturated heterocycles. The summed E-state index contributed by atoms with van der Waals surface area (Å²) < 4.78 is 51.2. The molecule has 0 unspecified atom stereocenters. The normalized spacial score (nSPS) is 11.2. The summed E-state index contributed by atoms with van der Waals surface area (Å²) in [5.74, 6) is 0.204. The number of rotatable bonds is 16. The molecule has 0 spiro atoms. The van der Waals surface area contributed by atoms with Crippen LogP contribution < -0.4 is 63.7 Å². The van der Waals surface area contributed by atoms with E-state index in [-0.39, 0.29) is 74.4 Å². The van der Waals surface area contributed by atoms with Gasteiger partial charge in [0.25, 0.3) is 22.2 Å². The Morgan fingerprint density at radius 1 is 0.323 bits per heavy atom. The maximum absolute atomic E-state index is 13.7. The summed E-state index contributed by atoms with van der Waals surface area (Å²) in [5.41, 5.74) is -1.01. The van der Waals surface area contributed by atoms with Crippen molar-refractivity contribution >= 4 is 146 Å². The Morgan fingerprint density at radius 2 is 0.615 bits per heavy atom. The molecule has 20 aromatic rings. The summed E-state index contributed by atoms with van der Waals surface area (Å²) in [6.07, 6.45) is 6.31. The number of pyridine rings is 4. The quantitative estimate of drug-likeness (QED) is 0.0443. The first kappa shape index (κ1) is 86.2. The Morgan fingerprint density at radius 3 is 0.923 bits per heavy atom. The first-order valence-electron chi connectivity index (χ1n) is 39.0. The monoisotopic (exact) mass is 1830 g/mol. The van der Waals surface area contributed by atoms with Gasteiger partial charge >= 0.3 is 22.5 Å². The zero-order valence-corrected chi connectivity index (χ0v) is 72.4. The predicted molar refractivity (Wildman–Crippen MR) is 497 cm³/mol. The number of fused-ring (bicyclic) bond motifs is 12. The number of aryl methyl sites for hydroxylation is 1. The van der Waals surface area contributed by atoms with E-state index < -0.39 is 67.7 Å². The number of methoxy groups -OCH3 is 4. The number of imidazole rings is 1. The molecule has 130 heavy (non-hydrogen) atoms. The zero-order chi connectivity index (χ0) is 90.9. The number of halogens is 1. The molecule has 0 saturated carbocycles. The van der Waals surface area contributed by atoms with Gasteiger partial charge in [-0.05, 0) is 151 Å². The van der Waals surface area contributed by atoms with Crippen LogP contribution in [-0.2, 0) is 7.05 Å². The van der Waals surface area contributed by atoms with Gasteiger partial charge in [-0.3, -0.25) is 37.4 Å². The molecular weight excluding hydrogens is 1760 g/mol. The fourth-order valence-electron chi connectivity index (χ4n) is 14.5. The van der Waals surface area contributed by atoms with Crippen molar-refractivity contribution in [3.63, 3.8) is 0 Å². The van der Waals surface area contributed by atoms with E-state index >= 15 is 0 Å². The lowest BCUT2D eigenvalue weighted by Crippen LogP contribution is -2.20. The second kappa shape index (κ2) is 36.6. The number of aromatic hydroxyl groups is 5. The molecular formula is C96H65ClN8O21S4. The minimum atomic E-state index is -0.817.